The Morgan fingerprint density at radius 2 is 1.50 bits per heavy atom. The van der Waals surface area contributed by atoms with Crippen LogP contribution >= 0.6 is 10.0 Å². The van der Waals surface area contributed by atoms with Gasteiger partial charge in [0, 0.05) is 0 Å². The Morgan fingerprint density at radius 1 is 1.14 bits per heavy atom. The zero-order chi connectivity index (χ0) is 11.6. The van der Waals surface area contributed by atoms with E-state index in [-0.39, 0.29) is 5.28 Å². The van der Waals surface area contributed by atoms with Crippen molar-refractivity contribution in [2.45, 2.75) is 30.7 Å². The first kappa shape index (κ1) is 14.4. The first-order valence-electron chi connectivity index (χ1n) is 3.52. The summed E-state index contributed by atoms with van der Waals surface area (Å²) in [4.78, 5) is 0. The molecule has 0 bridgehead atoms. The molecule has 0 aromatic carbocycles. The van der Waals surface area contributed by atoms with E-state index < -0.39 is 32.0 Å². The molecule has 0 fully saturated rings. The minimum absolute atomic E-state index is 0.00971. The zero-order valence-electron chi connectivity index (χ0n) is 6.92. The summed E-state index contributed by atoms with van der Waals surface area (Å²) in [5, 5.41) is -0.00971. The predicted octanol–water partition coefficient (Wildman–Crippen LogP) is 3.24. The van der Waals surface area contributed by atoms with Gasteiger partial charge in [-0.15, -0.1) is 0 Å². The molecule has 0 saturated heterocycles. The molecule has 0 aliphatic carbocycles. The standard InChI is InChI=1S/C3HF6O.C2H5.Al.ClH/c4-2(5,6)1(10)3(7,8)9;1-2;;/h1H;1H2,2H3;;1H/q-1;;+2;/p-1. The predicted molar refractivity (Wildman–Crippen MR) is 39.1 cm³/mol. The van der Waals surface area contributed by atoms with Crippen molar-refractivity contribution in [3.05, 3.63) is 0 Å². The molecular weight excluding hydrogens is 252 g/mol. The Kier molecular flexibility index (Phi) is 5.05. The first-order chi connectivity index (χ1) is 6.09. The minimum atomic E-state index is -5.46. The normalized spacial score (nSPS) is 13.5. The third kappa shape index (κ3) is 4.73. The molecule has 9 heteroatoms. The van der Waals surface area contributed by atoms with Crippen LogP contribution in [0.3, 0.4) is 0 Å². The molecule has 0 rings (SSSR count). The summed E-state index contributed by atoms with van der Waals surface area (Å²) >= 11 is -2.91. The molecule has 84 valence electrons. The monoisotopic (exact) mass is 258 g/mol. The van der Waals surface area contributed by atoms with Gasteiger partial charge in [0.05, 0.1) is 0 Å². The fourth-order valence-corrected chi connectivity index (χ4v) is 1.69. The molecule has 0 N–H and O–H groups in total. The molecule has 14 heavy (non-hydrogen) atoms. The third-order valence-electron chi connectivity index (χ3n) is 1.20. The van der Waals surface area contributed by atoms with Gasteiger partial charge in [0.15, 0.2) is 0 Å². The minimum Gasteiger partial charge on any atom is -0.473 e. The number of alkyl halides is 6. The van der Waals surface area contributed by atoms with Gasteiger partial charge in [-0.05, 0) is 0 Å². The average molecular weight is 259 g/mol. The maximum Gasteiger partial charge on any atom is 0.591 e. The van der Waals surface area contributed by atoms with Gasteiger partial charge in [0.2, 0.25) is 6.10 Å². The fourth-order valence-electron chi connectivity index (χ4n) is 0.584. The highest BCUT2D eigenvalue weighted by atomic mass is 35.6. The van der Waals surface area contributed by atoms with Gasteiger partial charge >= 0.3 is 25.9 Å². The van der Waals surface area contributed by atoms with E-state index in [4.69, 9.17) is 10.0 Å². The molecule has 0 saturated carbocycles. The van der Waals surface area contributed by atoms with Crippen LogP contribution in [0.1, 0.15) is 6.92 Å². The molecule has 0 atom stereocenters. The highest BCUT2D eigenvalue weighted by Gasteiger charge is 2.58. The van der Waals surface area contributed by atoms with Crippen LogP contribution in [0.25, 0.3) is 0 Å². The van der Waals surface area contributed by atoms with Crippen LogP contribution in [-0.2, 0) is 3.79 Å². The van der Waals surface area contributed by atoms with E-state index in [2.05, 4.69) is 3.79 Å². The van der Waals surface area contributed by atoms with Crippen molar-refractivity contribution in [2.24, 2.45) is 0 Å². The summed E-state index contributed by atoms with van der Waals surface area (Å²) in [6, 6.07) is 0. The van der Waals surface area contributed by atoms with Gasteiger partial charge in [0.1, 0.15) is 0 Å². The van der Waals surface area contributed by atoms with Gasteiger partial charge in [0.25, 0.3) is 0 Å². The average Bonchev–Trinajstić information content (AvgIpc) is 1.95. The summed E-state index contributed by atoms with van der Waals surface area (Å²) in [7, 11) is 5.19. The molecule has 0 aromatic rings. The van der Waals surface area contributed by atoms with Gasteiger partial charge in [-0.25, -0.2) is 10.0 Å². The lowest BCUT2D eigenvalue weighted by molar-refractivity contribution is -0.301. The maximum absolute atomic E-state index is 11.8. The maximum atomic E-state index is 11.8. The number of halogens is 7. The third-order valence-corrected chi connectivity index (χ3v) is 3.64. The first-order valence-corrected chi connectivity index (χ1v) is 6.55. The summed E-state index contributed by atoms with van der Waals surface area (Å²) in [5.41, 5.74) is 0. The molecule has 0 unspecified atom stereocenters. The van der Waals surface area contributed by atoms with Crippen LogP contribution in [0, 0.1) is 0 Å². The Hall–Kier alpha value is 0.362. The summed E-state index contributed by atoms with van der Waals surface area (Å²) in [6.07, 6.45) is -14.7. The van der Waals surface area contributed by atoms with Crippen LogP contribution in [0.15, 0.2) is 0 Å². The Labute approximate surface area is 84.9 Å². The van der Waals surface area contributed by atoms with Gasteiger partial charge in [-0.3, -0.25) is 0 Å². The van der Waals surface area contributed by atoms with Gasteiger partial charge < -0.3 is 3.79 Å². The second-order valence-corrected chi connectivity index (χ2v) is 5.79. The summed E-state index contributed by atoms with van der Waals surface area (Å²) in [5.74, 6) is 0. The molecule has 0 spiro atoms. The van der Waals surface area contributed by atoms with E-state index in [0.29, 0.717) is 0 Å². The number of hydrogen-bond acceptors (Lipinski definition) is 1. The van der Waals surface area contributed by atoms with Crippen molar-refractivity contribution >= 4 is 23.6 Å². The second-order valence-electron chi connectivity index (χ2n) is 2.42. The quantitative estimate of drug-likeness (QED) is 0.558. The Balaban J connectivity index is 4.59. The van der Waals surface area contributed by atoms with Crippen molar-refractivity contribution < 1.29 is 30.1 Å². The summed E-state index contributed by atoms with van der Waals surface area (Å²) < 4.78 is 74.8. The van der Waals surface area contributed by atoms with Crippen molar-refractivity contribution in [2.75, 3.05) is 0 Å². The topological polar surface area (TPSA) is 9.23 Å². The smallest absolute Gasteiger partial charge is 0.473 e. The van der Waals surface area contributed by atoms with Crippen molar-refractivity contribution in [1.82, 2.24) is 0 Å². The molecular formula is C5H6AlClF6O. The molecule has 0 aliphatic heterocycles. The van der Waals surface area contributed by atoms with Crippen LogP contribution < -0.4 is 0 Å². The van der Waals surface area contributed by atoms with Crippen LogP contribution in [-0.4, -0.2) is 32.0 Å². The zero-order valence-corrected chi connectivity index (χ0v) is 8.83. The van der Waals surface area contributed by atoms with Gasteiger partial charge in [-0.1, -0.05) is 12.2 Å². The molecule has 0 aromatic heterocycles. The second kappa shape index (κ2) is 4.93. The lowest BCUT2D eigenvalue weighted by Crippen LogP contribution is -2.46. The Bertz CT molecular complexity index is 166. The van der Waals surface area contributed by atoms with E-state index in [1.54, 1.807) is 0 Å². The SMILES string of the molecule is C[CH2][Al]([Cl])[O]C(C(F)(F)F)C(F)(F)F. The van der Waals surface area contributed by atoms with Crippen molar-refractivity contribution in [3.8, 4) is 0 Å². The molecule has 0 aliphatic rings. The van der Waals surface area contributed by atoms with Crippen LogP contribution in [0.5, 0.6) is 0 Å². The highest BCUT2D eigenvalue weighted by Crippen LogP contribution is 2.36. The highest BCUT2D eigenvalue weighted by molar-refractivity contribution is 7.03. The molecule has 1 nitrogen and oxygen atoms in total. The molecule has 0 heterocycles. The van der Waals surface area contributed by atoms with E-state index in [1.807, 2.05) is 0 Å². The molecule has 0 amide bonds. The van der Waals surface area contributed by atoms with Crippen molar-refractivity contribution in [3.63, 3.8) is 0 Å². The van der Waals surface area contributed by atoms with E-state index in [1.165, 1.54) is 6.92 Å². The fraction of sp³-hybridized carbons (Fsp3) is 1.00. The van der Waals surface area contributed by atoms with Gasteiger partial charge in [-0.2, -0.15) is 26.3 Å². The van der Waals surface area contributed by atoms with Crippen molar-refractivity contribution in [1.29, 1.82) is 0 Å². The summed E-state index contributed by atoms with van der Waals surface area (Å²) in [6.45, 7) is 1.37. The number of hydrogen-bond donors (Lipinski definition) is 0. The van der Waals surface area contributed by atoms with E-state index in [0.717, 1.165) is 0 Å². The van der Waals surface area contributed by atoms with Crippen LogP contribution in [0.4, 0.5) is 26.3 Å². The molecule has 0 radical (unpaired) electrons. The number of rotatable bonds is 3. The van der Waals surface area contributed by atoms with Crippen LogP contribution in [0.2, 0.25) is 5.28 Å². The largest absolute Gasteiger partial charge is 0.591 e. The lowest BCUT2D eigenvalue weighted by Gasteiger charge is -2.24. The Morgan fingerprint density at radius 3 is 1.71 bits per heavy atom. The lowest BCUT2D eigenvalue weighted by atomic mass is 10.3. The van der Waals surface area contributed by atoms with E-state index in [9.17, 15) is 26.3 Å². The van der Waals surface area contributed by atoms with E-state index >= 15 is 0 Å².